The number of nitrogens with one attached hydrogen (secondary N) is 1. The number of nitrogens with zero attached hydrogens (tertiary/aromatic N) is 1. The zero-order valence-electron chi connectivity index (χ0n) is 12.4. The van der Waals surface area contributed by atoms with Crippen molar-refractivity contribution in [1.29, 1.82) is 0 Å². The van der Waals surface area contributed by atoms with E-state index >= 15 is 0 Å². The highest BCUT2D eigenvalue weighted by Crippen LogP contribution is 2.32. The minimum atomic E-state index is 0.349. The lowest BCUT2D eigenvalue weighted by molar-refractivity contribution is 0.100. The molecule has 3 nitrogen and oxygen atoms in total. The lowest BCUT2D eigenvalue weighted by Crippen LogP contribution is -2.47. The molecule has 3 heteroatoms. The van der Waals surface area contributed by atoms with Crippen molar-refractivity contribution in [3.05, 3.63) is 0 Å². The second kappa shape index (κ2) is 6.36. The molecule has 1 N–H and O–H groups in total. The first-order valence-electron chi connectivity index (χ1n) is 7.63. The molecule has 0 aromatic heterocycles. The van der Waals surface area contributed by atoms with Crippen LogP contribution in [-0.4, -0.2) is 50.3 Å². The van der Waals surface area contributed by atoms with Crippen molar-refractivity contribution in [2.24, 2.45) is 5.41 Å². The molecule has 0 radical (unpaired) electrons. The first-order chi connectivity index (χ1) is 8.61. The van der Waals surface area contributed by atoms with E-state index in [-0.39, 0.29) is 0 Å². The molecule has 106 valence electrons. The van der Waals surface area contributed by atoms with Gasteiger partial charge in [-0.3, -0.25) is 0 Å². The van der Waals surface area contributed by atoms with E-state index < -0.39 is 0 Å². The Morgan fingerprint density at radius 3 is 2.61 bits per heavy atom. The van der Waals surface area contributed by atoms with Crippen LogP contribution in [0.3, 0.4) is 0 Å². The van der Waals surface area contributed by atoms with Crippen molar-refractivity contribution >= 4 is 0 Å². The lowest BCUT2D eigenvalue weighted by Gasteiger charge is -2.36. The summed E-state index contributed by atoms with van der Waals surface area (Å²) in [5.74, 6) is 0. The topological polar surface area (TPSA) is 24.5 Å². The number of hydrogen-bond donors (Lipinski definition) is 1. The molecule has 1 atom stereocenters. The van der Waals surface area contributed by atoms with Crippen molar-refractivity contribution in [3.8, 4) is 0 Å². The highest BCUT2D eigenvalue weighted by atomic mass is 16.5. The molecule has 2 rings (SSSR count). The maximum atomic E-state index is 5.69. The van der Waals surface area contributed by atoms with Gasteiger partial charge in [0.2, 0.25) is 0 Å². The van der Waals surface area contributed by atoms with Gasteiger partial charge in [0.05, 0.1) is 6.61 Å². The van der Waals surface area contributed by atoms with E-state index in [0.29, 0.717) is 11.5 Å². The predicted octanol–water partition coefficient (Wildman–Crippen LogP) is 2.27. The Bertz CT molecular complexity index is 243. The number of ether oxygens (including phenoxy) is 1. The third kappa shape index (κ3) is 3.69. The molecule has 1 saturated carbocycles. The predicted molar refractivity (Wildman–Crippen MR) is 75.9 cm³/mol. The van der Waals surface area contributed by atoms with Crippen LogP contribution >= 0.6 is 0 Å². The molecular formula is C15H30N2O. The van der Waals surface area contributed by atoms with Gasteiger partial charge in [-0.1, -0.05) is 26.7 Å². The molecule has 1 aliphatic heterocycles. The lowest BCUT2D eigenvalue weighted by atomic mass is 9.86. The van der Waals surface area contributed by atoms with Crippen LogP contribution in [-0.2, 0) is 4.74 Å². The summed E-state index contributed by atoms with van der Waals surface area (Å²) in [7, 11) is 2.31. The van der Waals surface area contributed by atoms with Gasteiger partial charge in [0.1, 0.15) is 0 Å². The van der Waals surface area contributed by atoms with E-state index in [1.807, 2.05) is 0 Å². The number of hydrogen-bond acceptors (Lipinski definition) is 3. The maximum absolute atomic E-state index is 5.69. The molecule has 1 heterocycles. The molecule has 0 aromatic rings. The molecule has 0 aromatic carbocycles. The molecule has 0 amide bonds. The molecule has 1 aliphatic carbocycles. The van der Waals surface area contributed by atoms with Crippen LogP contribution in [0.25, 0.3) is 0 Å². The molecule has 2 aliphatic rings. The van der Waals surface area contributed by atoms with Crippen LogP contribution in [0.2, 0.25) is 0 Å². The molecule has 0 spiro atoms. The highest BCUT2D eigenvalue weighted by molar-refractivity contribution is 4.90. The summed E-state index contributed by atoms with van der Waals surface area (Å²) in [6.45, 7) is 8.62. The molecule has 18 heavy (non-hydrogen) atoms. The van der Waals surface area contributed by atoms with Gasteiger partial charge in [-0.25, -0.2) is 0 Å². The van der Waals surface area contributed by atoms with E-state index in [4.69, 9.17) is 4.74 Å². The average molecular weight is 254 g/mol. The van der Waals surface area contributed by atoms with Crippen LogP contribution in [0.1, 0.15) is 46.0 Å². The van der Waals surface area contributed by atoms with Crippen molar-refractivity contribution in [2.75, 3.05) is 33.4 Å². The zero-order valence-corrected chi connectivity index (χ0v) is 12.4. The summed E-state index contributed by atoms with van der Waals surface area (Å²) in [6, 6.07) is 1.39. The molecule has 1 saturated heterocycles. The zero-order chi connectivity index (χ0) is 13.0. The fourth-order valence-electron chi connectivity index (χ4n) is 3.39. The standard InChI is InChI=1S/C15H30N2O/c1-13(2)16-10-15(8-9-18-12-15)11-17(3)14-6-4-5-7-14/h13-14,16H,4-12H2,1-3H3. The van der Waals surface area contributed by atoms with Gasteiger partial charge in [-0.05, 0) is 26.3 Å². The molecule has 2 fully saturated rings. The van der Waals surface area contributed by atoms with Gasteiger partial charge < -0.3 is 15.0 Å². The fraction of sp³-hybridized carbons (Fsp3) is 1.00. The van der Waals surface area contributed by atoms with E-state index in [1.165, 1.54) is 38.6 Å². The van der Waals surface area contributed by atoms with Crippen molar-refractivity contribution in [2.45, 2.75) is 58.0 Å². The highest BCUT2D eigenvalue weighted by Gasteiger charge is 2.37. The van der Waals surface area contributed by atoms with Gasteiger partial charge in [0.25, 0.3) is 0 Å². The minimum absolute atomic E-state index is 0.349. The Morgan fingerprint density at radius 2 is 2.06 bits per heavy atom. The molecule has 0 bridgehead atoms. The molecular weight excluding hydrogens is 224 g/mol. The minimum Gasteiger partial charge on any atom is -0.381 e. The van der Waals surface area contributed by atoms with Gasteiger partial charge in [-0.15, -0.1) is 0 Å². The Balaban J connectivity index is 1.88. The average Bonchev–Trinajstić information content (AvgIpc) is 2.98. The van der Waals surface area contributed by atoms with E-state index in [0.717, 1.165) is 25.8 Å². The molecule has 1 unspecified atom stereocenters. The fourth-order valence-corrected chi connectivity index (χ4v) is 3.39. The largest absolute Gasteiger partial charge is 0.381 e. The summed E-state index contributed by atoms with van der Waals surface area (Å²) in [6.07, 6.45) is 6.84. The van der Waals surface area contributed by atoms with E-state index in [2.05, 4.69) is 31.1 Å². The summed E-state index contributed by atoms with van der Waals surface area (Å²) in [4.78, 5) is 2.60. The smallest absolute Gasteiger partial charge is 0.0547 e. The van der Waals surface area contributed by atoms with Gasteiger partial charge in [0, 0.05) is 37.2 Å². The monoisotopic (exact) mass is 254 g/mol. The SMILES string of the molecule is CC(C)NCC1(CN(C)C2CCCC2)CCOC1. The second-order valence-electron chi connectivity index (χ2n) is 6.69. The van der Waals surface area contributed by atoms with Crippen LogP contribution in [0.15, 0.2) is 0 Å². The van der Waals surface area contributed by atoms with Gasteiger partial charge in [0.15, 0.2) is 0 Å². The van der Waals surface area contributed by atoms with E-state index in [1.54, 1.807) is 0 Å². The van der Waals surface area contributed by atoms with Crippen LogP contribution < -0.4 is 5.32 Å². The second-order valence-corrected chi connectivity index (χ2v) is 6.69. The van der Waals surface area contributed by atoms with Crippen molar-refractivity contribution < 1.29 is 4.74 Å². The van der Waals surface area contributed by atoms with Crippen molar-refractivity contribution in [3.63, 3.8) is 0 Å². The third-order valence-electron chi connectivity index (χ3n) is 4.60. The normalized spacial score (nSPS) is 29.8. The first kappa shape index (κ1) is 14.3. The summed E-state index contributed by atoms with van der Waals surface area (Å²) in [5.41, 5.74) is 0.349. The summed E-state index contributed by atoms with van der Waals surface area (Å²) in [5, 5.41) is 3.62. The maximum Gasteiger partial charge on any atom is 0.0547 e. The summed E-state index contributed by atoms with van der Waals surface area (Å²) < 4.78 is 5.69. The van der Waals surface area contributed by atoms with Gasteiger partial charge in [-0.2, -0.15) is 0 Å². The summed E-state index contributed by atoms with van der Waals surface area (Å²) >= 11 is 0. The first-order valence-corrected chi connectivity index (χ1v) is 7.63. The Hall–Kier alpha value is -0.120. The van der Waals surface area contributed by atoms with Crippen molar-refractivity contribution in [1.82, 2.24) is 10.2 Å². The Labute approximate surface area is 112 Å². The van der Waals surface area contributed by atoms with Crippen LogP contribution in [0, 0.1) is 5.41 Å². The van der Waals surface area contributed by atoms with Crippen LogP contribution in [0.5, 0.6) is 0 Å². The van der Waals surface area contributed by atoms with Gasteiger partial charge >= 0.3 is 0 Å². The van der Waals surface area contributed by atoms with Crippen LogP contribution in [0.4, 0.5) is 0 Å². The Morgan fingerprint density at radius 1 is 1.33 bits per heavy atom. The number of rotatable bonds is 6. The Kier molecular flexibility index (Phi) is 5.05. The third-order valence-corrected chi connectivity index (χ3v) is 4.60. The van der Waals surface area contributed by atoms with E-state index in [9.17, 15) is 0 Å². The quantitative estimate of drug-likeness (QED) is 0.787.